The van der Waals surface area contributed by atoms with Gasteiger partial charge in [0, 0.05) is 19.5 Å². The predicted octanol–water partition coefficient (Wildman–Crippen LogP) is 3.82. The van der Waals surface area contributed by atoms with Gasteiger partial charge >= 0.3 is 0 Å². The van der Waals surface area contributed by atoms with Crippen molar-refractivity contribution in [3.8, 4) is 11.5 Å². The van der Waals surface area contributed by atoms with Crippen molar-refractivity contribution in [1.29, 1.82) is 0 Å². The molecule has 7 nitrogen and oxygen atoms in total. The predicted molar refractivity (Wildman–Crippen MR) is 125 cm³/mol. The van der Waals surface area contributed by atoms with Crippen molar-refractivity contribution in [2.75, 3.05) is 27.3 Å². The average Bonchev–Trinajstić information content (AvgIpc) is 3.52. The number of likely N-dealkylation sites (tertiary alicyclic amines) is 1. The van der Waals surface area contributed by atoms with Gasteiger partial charge in [0.1, 0.15) is 5.76 Å². The summed E-state index contributed by atoms with van der Waals surface area (Å²) in [5, 5.41) is 0. The first-order valence-electron chi connectivity index (χ1n) is 11.5. The number of methoxy groups -OCH3 is 2. The lowest BCUT2D eigenvalue weighted by atomic mass is 9.86. The van der Waals surface area contributed by atoms with Crippen LogP contribution in [0.3, 0.4) is 0 Å². The maximum absolute atomic E-state index is 13.8. The summed E-state index contributed by atoms with van der Waals surface area (Å²) in [5.74, 6) is 1.64. The quantitative estimate of drug-likeness (QED) is 0.559. The third kappa shape index (κ3) is 4.02. The molecule has 3 aromatic rings. The molecule has 2 unspecified atom stereocenters. The largest absolute Gasteiger partial charge is 0.493 e. The number of amides is 2. The first kappa shape index (κ1) is 22.1. The van der Waals surface area contributed by atoms with Crippen molar-refractivity contribution in [3.63, 3.8) is 0 Å². The monoisotopic (exact) mass is 460 g/mol. The standard InChI is InChI=1S/C27H28N2O5/c1-32-23-13-19-10-11-29(26(18-7-4-3-5-8-18)22(19)15-24(23)33-2)27(31)20-14-25(30)28(16-20)17-21-9-6-12-34-21/h3-9,12-13,15,20,26H,10-11,14,16-17H2,1-2H3. The highest BCUT2D eigenvalue weighted by molar-refractivity contribution is 5.90. The molecule has 0 saturated carbocycles. The number of furan rings is 1. The Hall–Kier alpha value is -3.74. The fourth-order valence-electron chi connectivity index (χ4n) is 5.09. The van der Waals surface area contributed by atoms with Gasteiger partial charge in [0.05, 0.1) is 39.0 Å². The van der Waals surface area contributed by atoms with Crippen LogP contribution in [0.25, 0.3) is 0 Å². The van der Waals surface area contributed by atoms with Gasteiger partial charge in [0.25, 0.3) is 0 Å². The Morgan fingerprint density at radius 2 is 1.82 bits per heavy atom. The zero-order valence-corrected chi connectivity index (χ0v) is 19.4. The van der Waals surface area contributed by atoms with Crippen LogP contribution in [0.15, 0.2) is 65.3 Å². The zero-order chi connectivity index (χ0) is 23.7. The van der Waals surface area contributed by atoms with E-state index in [0.717, 1.165) is 22.5 Å². The Morgan fingerprint density at radius 1 is 1.06 bits per heavy atom. The van der Waals surface area contributed by atoms with Gasteiger partial charge in [-0.15, -0.1) is 0 Å². The number of nitrogens with zero attached hydrogens (tertiary/aromatic N) is 2. The van der Waals surface area contributed by atoms with Crippen LogP contribution in [0, 0.1) is 5.92 Å². The normalized spacial score (nSPS) is 19.8. The second-order valence-electron chi connectivity index (χ2n) is 8.76. The van der Waals surface area contributed by atoms with Crippen LogP contribution in [-0.2, 0) is 22.6 Å². The summed E-state index contributed by atoms with van der Waals surface area (Å²) < 4.78 is 16.5. The van der Waals surface area contributed by atoms with Crippen molar-refractivity contribution < 1.29 is 23.5 Å². The highest BCUT2D eigenvalue weighted by Gasteiger charge is 2.41. The van der Waals surface area contributed by atoms with Gasteiger partial charge in [-0.05, 0) is 47.4 Å². The van der Waals surface area contributed by atoms with Crippen LogP contribution >= 0.6 is 0 Å². The molecule has 1 fully saturated rings. The number of hydrogen-bond acceptors (Lipinski definition) is 5. The lowest BCUT2D eigenvalue weighted by Gasteiger charge is -2.39. The number of rotatable bonds is 6. The zero-order valence-electron chi connectivity index (χ0n) is 19.4. The van der Waals surface area contributed by atoms with E-state index in [4.69, 9.17) is 13.9 Å². The lowest BCUT2D eigenvalue weighted by Crippen LogP contribution is -2.44. The van der Waals surface area contributed by atoms with Gasteiger partial charge < -0.3 is 23.7 Å². The highest BCUT2D eigenvalue weighted by atomic mass is 16.5. The van der Waals surface area contributed by atoms with Crippen LogP contribution < -0.4 is 9.47 Å². The van der Waals surface area contributed by atoms with E-state index in [2.05, 4.69) is 0 Å². The molecule has 0 aliphatic carbocycles. The molecule has 2 aliphatic heterocycles. The first-order chi connectivity index (χ1) is 16.6. The minimum Gasteiger partial charge on any atom is -0.493 e. The van der Waals surface area contributed by atoms with Crippen molar-refractivity contribution >= 4 is 11.8 Å². The molecule has 0 bridgehead atoms. The minimum absolute atomic E-state index is 0.00424. The molecule has 2 aromatic carbocycles. The molecule has 1 aromatic heterocycles. The Balaban J connectivity index is 1.46. The summed E-state index contributed by atoms with van der Waals surface area (Å²) in [6.07, 6.45) is 2.52. The molecule has 2 amide bonds. The summed E-state index contributed by atoms with van der Waals surface area (Å²) in [5.41, 5.74) is 3.19. The fraction of sp³-hybridized carbons (Fsp3) is 0.333. The van der Waals surface area contributed by atoms with Crippen molar-refractivity contribution in [2.45, 2.75) is 25.4 Å². The van der Waals surface area contributed by atoms with Crippen LogP contribution in [0.2, 0.25) is 0 Å². The molecule has 2 aliphatic rings. The van der Waals surface area contributed by atoms with E-state index >= 15 is 0 Å². The van der Waals surface area contributed by atoms with Crippen LogP contribution in [0.1, 0.15) is 34.9 Å². The number of hydrogen-bond donors (Lipinski definition) is 0. The molecule has 5 rings (SSSR count). The Morgan fingerprint density at radius 3 is 2.53 bits per heavy atom. The van der Waals surface area contributed by atoms with E-state index in [9.17, 15) is 9.59 Å². The van der Waals surface area contributed by atoms with Crippen LogP contribution in [0.4, 0.5) is 0 Å². The van der Waals surface area contributed by atoms with Gasteiger partial charge in [-0.2, -0.15) is 0 Å². The molecule has 3 heterocycles. The molecule has 34 heavy (non-hydrogen) atoms. The topological polar surface area (TPSA) is 72.2 Å². The number of benzene rings is 2. The van der Waals surface area contributed by atoms with Gasteiger partial charge in [0.2, 0.25) is 11.8 Å². The molecule has 0 spiro atoms. The Kier molecular flexibility index (Phi) is 6.01. The maximum atomic E-state index is 13.8. The lowest BCUT2D eigenvalue weighted by molar-refractivity contribution is -0.137. The maximum Gasteiger partial charge on any atom is 0.228 e. The van der Waals surface area contributed by atoms with Crippen molar-refractivity contribution in [2.24, 2.45) is 5.92 Å². The number of carbonyl (C=O) groups is 2. The fourth-order valence-corrected chi connectivity index (χ4v) is 5.09. The minimum atomic E-state index is -0.379. The van der Waals surface area contributed by atoms with Gasteiger partial charge in [0.15, 0.2) is 11.5 Å². The summed E-state index contributed by atoms with van der Waals surface area (Å²) in [6, 6.07) is 17.4. The smallest absolute Gasteiger partial charge is 0.228 e. The highest BCUT2D eigenvalue weighted by Crippen LogP contribution is 2.42. The second kappa shape index (κ2) is 9.25. The third-order valence-corrected chi connectivity index (χ3v) is 6.76. The molecule has 2 atom stereocenters. The van der Waals surface area contributed by atoms with E-state index in [1.807, 2.05) is 53.4 Å². The molecule has 0 radical (unpaired) electrons. The molecule has 7 heteroatoms. The Labute approximate surface area is 198 Å². The first-order valence-corrected chi connectivity index (χ1v) is 11.5. The van der Waals surface area contributed by atoms with Gasteiger partial charge in [-0.3, -0.25) is 9.59 Å². The molecule has 1 saturated heterocycles. The number of ether oxygens (including phenoxy) is 2. The summed E-state index contributed by atoms with van der Waals surface area (Å²) in [6.45, 7) is 1.36. The second-order valence-corrected chi connectivity index (χ2v) is 8.76. The van der Waals surface area contributed by atoms with Crippen LogP contribution in [-0.4, -0.2) is 48.9 Å². The van der Waals surface area contributed by atoms with E-state index in [-0.39, 0.29) is 30.2 Å². The Bertz CT molecular complexity index is 1180. The molecule has 176 valence electrons. The van der Waals surface area contributed by atoms with E-state index in [0.29, 0.717) is 37.6 Å². The molecular formula is C27H28N2O5. The van der Waals surface area contributed by atoms with Gasteiger partial charge in [-0.1, -0.05) is 30.3 Å². The SMILES string of the molecule is COc1cc2c(cc1OC)C(c1ccccc1)N(C(=O)C1CC(=O)N(Cc3ccco3)C1)CC2. The average molecular weight is 461 g/mol. The number of fused-ring (bicyclic) bond motifs is 1. The van der Waals surface area contributed by atoms with E-state index < -0.39 is 0 Å². The molecule has 0 N–H and O–H groups in total. The van der Waals surface area contributed by atoms with E-state index in [1.54, 1.807) is 31.4 Å². The molecular weight excluding hydrogens is 432 g/mol. The van der Waals surface area contributed by atoms with Crippen molar-refractivity contribution in [1.82, 2.24) is 9.80 Å². The summed E-state index contributed by atoms with van der Waals surface area (Å²) in [4.78, 5) is 30.2. The van der Waals surface area contributed by atoms with E-state index in [1.165, 1.54) is 0 Å². The summed E-state index contributed by atoms with van der Waals surface area (Å²) in [7, 11) is 3.24. The van der Waals surface area contributed by atoms with Crippen molar-refractivity contribution in [3.05, 3.63) is 83.3 Å². The summed E-state index contributed by atoms with van der Waals surface area (Å²) >= 11 is 0. The van der Waals surface area contributed by atoms with Gasteiger partial charge in [-0.25, -0.2) is 0 Å². The number of carbonyl (C=O) groups excluding carboxylic acids is 2. The van der Waals surface area contributed by atoms with Crippen LogP contribution in [0.5, 0.6) is 11.5 Å². The third-order valence-electron chi connectivity index (χ3n) is 6.76.